The lowest BCUT2D eigenvalue weighted by Gasteiger charge is -2.11. The number of aryl methyl sites for hydroxylation is 1. The maximum atomic E-state index is 13.3. The molecule has 0 saturated heterocycles. The van der Waals surface area contributed by atoms with Gasteiger partial charge in [0, 0.05) is 23.1 Å². The maximum absolute atomic E-state index is 13.3. The van der Waals surface area contributed by atoms with Crippen molar-refractivity contribution in [2.75, 3.05) is 0 Å². The summed E-state index contributed by atoms with van der Waals surface area (Å²) in [6, 6.07) is 13.7. The van der Waals surface area contributed by atoms with Gasteiger partial charge in [-0.15, -0.1) is 11.3 Å². The molecule has 33 heavy (non-hydrogen) atoms. The molecule has 0 aliphatic rings. The van der Waals surface area contributed by atoms with Crippen LogP contribution in [0.1, 0.15) is 12.0 Å². The monoisotopic (exact) mass is 465 g/mol. The maximum Gasteiger partial charge on any atom is 0.387 e. The molecule has 3 aromatic heterocycles. The third-order valence-corrected chi connectivity index (χ3v) is 5.91. The number of nitriles is 2. The summed E-state index contributed by atoms with van der Waals surface area (Å²) in [7, 11) is 0. The average Bonchev–Trinajstić information content (AvgIpc) is 3.24. The minimum Gasteiger partial charge on any atom is -0.433 e. The third kappa shape index (κ3) is 4.10. The van der Waals surface area contributed by atoms with E-state index in [1.165, 1.54) is 10.8 Å². The van der Waals surface area contributed by atoms with Crippen LogP contribution in [0.5, 0.6) is 5.75 Å². The molecule has 0 bridgehead atoms. The molecule has 0 atom stereocenters. The van der Waals surface area contributed by atoms with Crippen LogP contribution in [0.15, 0.2) is 58.4 Å². The highest BCUT2D eigenvalue weighted by Crippen LogP contribution is 2.33. The highest BCUT2D eigenvalue weighted by Gasteiger charge is 2.20. The highest BCUT2D eigenvalue weighted by molar-refractivity contribution is 7.22. The van der Waals surface area contributed by atoms with Gasteiger partial charge < -0.3 is 4.74 Å². The first-order chi connectivity index (χ1) is 15.9. The zero-order valence-corrected chi connectivity index (χ0v) is 17.6. The Morgan fingerprint density at radius 3 is 2.67 bits per heavy atom. The van der Waals surface area contributed by atoms with Crippen LogP contribution in [0.25, 0.3) is 26.3 Å². The molecule has 0 fully saturated rings. The fourth-order valence-corrected chi connectivity index (χ4v) is 4.51. The third-order valence-electron chi connectivity index (χ3n) is 4.77. The Kier molecular flexibility index (Phi) is 5.98. The zero-order valence-electron chi connectivity index (χ0n) is 16.7. The van der Waals surface area contributed by atoms with Crippen molar-refractivity contribution < 1.29 is 13.5 Å². The molecule has 0 aliphatic heterocycles. The van der Waals surface area contributed by atoms with Crippen LogP contribution in [-0.4, -0.2) is 20.7 Å². The number of hydrogen-bond acceptors (Lipinski definition) is 7. The summed E-state index contributed by atoms with van der Waals surface area (Å²) in [5, 5.41) is 18.5. The average molecular weight is 465 g/mol. The summed E-state index contributed by atoms with van der Waals surface area (Å²) in [4.78, 5) is 31.0. The summed E-state index contributed by atoms with van der Waals surface area (Å²) in [5.74, 6) is -0.313. The van der Waals surface area contributed by atoms with Gasteiger partial charge in [0.2, 0.25) is 0 Å². The number of aromatic nitrogens is 3. The first-order valence-corrected chi connectivity index (χ1v) is 10.3. The second-order valence-corrected chi connectivity index (χ2v) is 7.77. The zero-order chi connectivity index (χ0) is 23.5. The smallest absolute Gasteiger partial charge is 0.387 e. The largest absolute Gasteiger partial charge is 0.433 e. The Bertz CT molecular complexity index is 1560. The van der Waals surface area contributed by atoms with E-state index in [-0.39, 0.29) is 29.1 Å². The standard InChI is InChI=1S/C22H13F2N5O3S/c23-21(24)32-15-8-14(11-27-12-15)29-20(30)19-17(28(22(29)31)7-3-6-25)9-18(33-19)16-5-2-1-4-13(16)10-26/h1-2,4-5,8-9,11-12,21H,3,7H2. The molecule has 0 saturated carbocycles. The van der Waals surface area contributed by atoms with E-state index in [4.69, 9.17) is 5.26 Å². The van der Waals surface area contributed by atoms with Gasteiger partial charge in [-0.25, -0.2) is 9.36 Å². The van der Waals surface area contributed by atoms with Gasteiger partial charge >= 0.3 is 12.3 Å². The Labute approximate surface area is 188 Å². The van der Waals surface area contributed by atoms with Crippen molar-refractivity contribution in [3.8, 4) is 34.0 Å². The number of thiophene rings is 1. The summed E-state index contributed by atoms with van der Waals surface area (Å²) in [5.41, 5.74) is -0.168. The van der Waals surface area contributed by atoms with Crippen molar-refractivity contribution in [3.63, 3.8) is 0 Å². The number of halogens is 2. The van der Waals surface area contributed by atoms with E-state index in [0.29, 0.717) is 21.5 Å². The highest BCUT2D eigenvalue weighted by atomic mass is 32.1. The molecule has 1 aromatic carbocycles. The summed E-state index contributed by atoms with van der Waals surface area (Å²) >= 11 is 1.09. The summed E-state index contributed by atoms with van der Waals surface area (Å²) < 4.78 is 31.8. The van der Waals surface area contributed by atoms with Crippen LogP contribution in [0.3, 0.4) is 0 Å². The second kappa shape index (κ2) is 9.02. The van der Waals surface area contributed by atoms with Gasteiger partial charge in [-0.3, -0.25) is 14.3 Å². The number of fused-ring (bicyclic) bond motifs is 1. The summed E-state index contributed by atoms with van der Waals surface area (Å²) in [6.45, 7) is -3.10. The lowest BCUT2D eigenvalue weighted by Crippen LogP contribution is -2.38. The molecule has 0 aliphatic carbocycles. The molecule has 11 heteroatoms. The van der Waals surface area contributed by atoms with Gasteiger partial charge in [-0.2, -0.15) is 19.3 Å². The number of alkyl halides is 2. The second-order valence-electron chi connectivity index (χ2n) is 6.72. The van der Waals surface area contributed by atoms with E-state index < -0.39 is 17.9 Å². The minimum atomic E-state index is -3.10. The van der Waals surface area contributed by atoms with Gasteiger partial charge in [-0.1, -0.05) is 18.2 Å². The number of ether oxygens (including phenoxy) is 1. The molecule has 0 N–H and O–H groups in total. The molecular formula is C22H13F2N5O3S. The van der Waals surface area contributed by atoms with E-state index in [1.54, 1.807) is 30.3 Å². The number of nitrogens with zero attached hydrogens (tertiary/aromatic N) is 5. The van der Waals surface area contributed by atoms with E-state index in [9.17, 15) is 23.6 Å². The Morgan fingerprint density at radius 2 is 1.94 bits per heavy atom. The SMILES string of the molecule is N#CCCn1c(=O)n(-c2cncc(OC(F)F)c2)c(=O)c2sc(-c3ccccc3C#N)cc21. The van der Waals surface area contributed by atoms with Crippen molar-refractivity contribution in [2.45, 2.75) is 19.6 Å². The van der Waals surface area contributed by atoms with Crippen molar-refractivity contribution in [1.29, 1.82) is 10.5 Å². The fraction of sp³-hybridized carbons (Fsp3) is 0.136. The fourth-order valence-electron chi connectivity index (χ4n) is 3.38. The van der Waals surface area contributed by atoms with Crippen molar-refractivity contribution >= 4 is 21.6 Å². The van der Waals surface area contributed by atoms with Gasteiger partial charge in [0.15, 0.2) is 0 Å². The Morgan fingerprint density at radius 1 is 1.15 bits per heavy atom. The molecule has 0 amide bonds. The first kappa shape index (κ1) is 21.9. The van der Waals surface area contributed by atoms with Crippen LogP contribution in [-0.2, 0) is 6.54 Å². The molecule has 8 nitrogen and oxygen atoms in total. The Balaban J connectivity index is 2.00. The molecule has 4 aromatic rings. The normalized spacial score (nSPS) is 10.8. The van der Waals surface area contributed by atoms with Crippen molar-refractivity contribution in [2.24, 2.45) is 0 Å². The van der Waals surface area contributed by atoms with Crippen molar-refractivity contribution in [1.82, 2.24) is 14.1 Å². The molecule has 3 heterocycles. The predicted octanol–water partition coefficient (Wildman–Crippen LogP) is 3.66. The molecule has 0 unspecified atom stereocenters. The topological polar surface area (TPSA) is 114 Å². The summed E-state index contributed by atoms with van der Waals surface area (Å²) in [6.07, 6.45) is 2.22. The minimum absolute atomic E-state index is 0.0000434. The molecule has 0 radical (unpaired) electrons. The van der Waals surface area contributed by atoms with Crippen LogP contribution >= 0.6 is 11.3 Å². The molecule has 0 spiro atoms. The lowest BCUT2D eigenvalue weighted by molar-refractivity contribution is -0.0500. The molecule has 164 valence electrons. The van der Waals surface area contributed by atoms with Gasteiger partial charge in [0.05, 0.1) is 47.7 Å². The van der Waals surface area contributed by atoms with E-state index in [1.807, 2.05) is 6.07 Å². The number of hydrogen-bond donors (Lipinski definition) is 0. The van der Waals surface area contributed by atoms with Gasteiger partial charge in [0.25, 0.3) is 5.56 Å². The van der Waals surface area contributed by atoms with E-state index in [0.717, 1.165) is 28.2 Å². The number of rotatable bonds is 6. The molecule has 4 rings (SSSR count). The van der Waals surface area contributed by atoms with E-state index in [2.05, 4.69) is 15.8 Å². The Hall–Kier alpha value is -4.35. The van der Waals surface area contributed by atoms with Crippen LogP contribution in [0, 0.1) is 22.7 Å². The predicted molar refractivity (Wildman–Crippen MR) is 116 cm³/mol. The first-order valence-electron chi connectivity index (χ1n) is 9.50. The van der Waals surface area contributed by atoms with Crippen LogP contribution < -0.4 is 16.0 Å². The number of benzene rings is 1. The molecular weight excluding hydrogens is 452 g/mol. The van der Waals surface area contributed by atoms with Gasteiger partial charge in [0.1, 0.15) is 10.4 Å². The van der Waals surface area contributed by atoms with Crippen LogP contribution in [0.4, 0.5) is 8.78 Å². The van der Waals surface area contributed by atoms with Gasteiger partial charge in [-0.05, 0) is 12.1 Å². The van der Waals surface area contributed by atoms with Crippen LogP contribution in [0.2, 0.25) is 0 Å². The van der Waals surface area contributed by atoms with E-state index >= 15 is 0 Å². The number of pyridine rings is 1. The van der Waals surface area contributed by atoms with Crippen molar-refractivity contribution in [3.05, 3.63) is 75.2 Å². The quantitative estimate of drug-likeness (QED) is 0.429. The lowest BCUT2D eigenvalue weighted by atomic mass is 10.1.